The number of nitrogens with one attached hydrogen (secondary N) is 1. The molecule has 0 amide bonds. The van der Waals surface area contributed by atoms with E-state index in [0.717, 1.165) is 27.6 Å². The summed E-state index contributed by atoms with van der Waals surface area (Å²) in [5.74, 6) is 1.92. The molecular weight excluding hydrogens is 346 g/mol. The second-order valence-corrected chi connectivity index (χ2v) is 6.88. The zero-order valence-corrected chi connectivity index (χ0v) is 15.0. The van der Waals surface area contributed by atoms with Crippen LogP contribution >= 0.6 is 11.3 Å². The molecule has 3 heterocycles. The zero-order valence-electron chi connectivity index (χ0n) is 14.2. The van der Waals surface area contributed by atoms with Crippen molar-refractivity contribution in [2.75, 3.05) is 5.32 Å². The van der Waals surface area contributed by atoms with Crippen LogP contribution in [-0.4, -0.2) is 20.1 Å². The van der Waals surface area contributed by atoms with Gasteiger partial charge >= 0.3 is 0 Å². The maximum absolute atomic E-state index is 5.36. The third-order valence-corrected chi connectivity index (χ3v) is 4.62. The molecule has 0 radical (unpaired) electrons. The van der Waals surface area contributed by atoms with Crippen LogP contribution in [0.1, 0.15) is 22.1 Å². The average molecular weight is 363 g/mol. The molecule has 0 spiro atoms. The molecule has 130 valence electrons. The molecule has 4 rings (SSSR count). The number of hydrogen-bond acceptors (Lipinski definition) is 7. The highest BCUT2D eigenvalue weighted by Crippen LogP contribution is 2.19. The van der Waals surface area contributed by atoms with Crippen LogP contribution in [0.5, 0.6) is 0 Å². The second kappa shape index (κ2) is 7.45. The summed E-state index contributed by atoms with van der Waals surface area (Å²) in [7, 11) is 0. The maximum atomic E-state index is 5.36. The van der Waals surface area contributed by atoms with E-state index in [4.69, 9.17) is 4.52 Å². The van der Waals surface area contributed by atoms with E-state index in [0.29, 0.717) is 24.7 Å². The average Bonchev–Trinajstić information content (AvgIpc) is 3.30. The first-order chi connectivity index (χ1) is 12.8. The molecular formula is C19H17N5OS. The van der Waals surface area contributed by atoms with Crippen molar-refractivity contribution < 1.29 is 4.52 Å². The highest BCUT2D eigenvalue weighted by Gasteiger charge is 2.10. The first-order valence-corrected chi connectivity index (χ1v) is 9.12. The van der Waals surface area contributed by atoms with Gasteiger partial charge in [-0.1, -0.05) is 35.5 Å². The standard InChI is InChI=1S/C19H17N5OS/c1-13-22-16(12-26-13)11-21-17-8-7-15(10-20-17)19-23-18(24-25-19)9-14-5-3-2-4-6-14/h2-8,10,12H,9,11H2,1H3,(H,20,21). The fourth-order valence-corrected chi connectivity index (χ4v) is 3.13. The van der Waals surface area contributed by atoms with Gasteiger partial charge in [-0.15, -0.1) is 11.3 Å². The first-order valence-electron chi connectivity index (χ1n) is 8.24. The van der Waals surface area contributed by atoms with Crippen LogP contribution in [0.2, 0.25) is 0 Å². The minimum Gasteiger partial charge on any atom is -0.364 e. The largest absolute Gasteiger partial charge is 0.364 e. The molecule has 0 aliphatic carbocycles. The fourth-order valence-electron chi connectivity index (χ4n) is 2.52. The van der Waals surface area contributed by atoms with Gasteiger partial charge in [0.25, 0.3) is 5.89 Å². The van der Waals surface area contributed by atoms with Crippen molar-refractivity contribution in [3.05, 3.63) is 76.1 Å². The van der Waals surface area contributed by atoms with Crippen LogP contribution in [0.3, 0.4) is 0 Å². The van der Waals surface area contributed by atoms with Crippen molar-refractivity contribution in [2.45, 2.75) is 19.9 Å². The van der Waals surface area contributed by atoms with Crippen molar-refractivity contribution in [1.82, 2.24) is 20.1 Å². The highest BCUT2D eigenvalue weighted by molar-refractivity contribution is 7.09. The molecule has 1 aromatic carbocycles. The van der Waals surface area contributed by atoms with Crippen LogP contribution in [0, 0.1) is 6.92 Å². The third kappa shape index (κ3) is 3.94. The Morgan fingerprint density at radius 2 is 1.96 bits per heavy atom. The third-order valence-electron chi connectivity index (χ3n) is 3.80. The van der Waals surface area contributed by atoms with Gasteiger partial charge in [-0.2, -0.15) is 4.98 Å². The van der Waals surface area contributed by atoms with E-state index in [9.17, 15) is 0 Å². The van der Waals surface area contributed by atoms with Gasteiger partial charge in [0.2, 0.25) is 0 Å². The Morgan fingerprint density at radius 1 is 1.08 bits per heavy atom. The summed E-state index contributed by atoms with van der Waals surface area (Å²) >= 11 is 1.64. The van der Waals surface area contributed by atoms with E-state index in [2.05, 4.69) is 25.4 Å². The minimum atomic E-state index is 0.477. The summed E-state index contributed by atoms with van der Waals surface area (Å²) < 4.78 is 5.36. The highest BCUT2D eigenvalue weighted by atomic mass is 32.1. The van der Waals surface area contributed by atoms with Gasteiger partial charge in [0, 0.05) is 18.0 Å². The Bertz CT molecular complexity index is 979. The first kappa shape index (κ1) is 16.4. The van der Waals surface area contributed by atoms with Crippen LogP contribution in [0.25, 0.3) is 11.5 Å². The molecule has 4 aromatic rings. The summed E-state index contributed by atoms with van der Waals surface area (Å²) in [5.41, 5.74) is 2.96. The number of aromatic nitrogens is 4. The molecule has 0 saturated carbocycles. The number of benzene rings is 1. The molecule has 6 nitrogen and oxygen atoms in total. The quantitative estimate of drug-likeness (QED) is 0.556. The summed E-state index contributed by atoms with van der Waals surface area (Å²) in [5, 5.41) is 10.4. The number of hydrogen-bond donors (Lipinski definition) is 1. The predicted molar refractivity (Wildman–Crippen MR) is 101 cm³/mol. The lowest BCUT2D eigenvalue weighted by molar-refractivity contribution is 0.424. The number of aryl methyl sites for hydroxylation is 1. The topological polar surface area (TPSA) is 76.7 Å². The van der Waals surface area contributed by atoms with Gasteiger partial charge in [0.05, 0.1) is 22.8 Å². The van der Waals surface area contributed by atoms with Gasteiger partial charge in [-0.25, -0.2) is 9.97 Å². The van der Waals surface area contributed by atoms with Crippen molar-refractivity contribution >= 4 is 17.2 Å². The van der Waals surface area contributed by atoms with Gasteiger partial charge < -0.3 is 9.84 Å². The second-order valence-electron chi connectivity index (χ2n) is 5.82. The summed E-state index contributed by atoms with van der Waals surface area (Å²) in [6.07, 6.45) is 2.37. The van der Waals surface area contributed by atoms with Crippen molar-refractivity contribution in [3.63, 3.8) is 0 Å². The lowest BCUT2D eigenvalue weighted by Crippen LogP contribution is -2.01. The van der Waals surface area contributed by atoms with Crippen LogP contribution in [0.4, 0.5) is 5.82 Å². The van der Waals surface area contributed by atoms with Crippen molar-refractivity contribution in [1.29, 1.82) is 0 Å². The molecule has 0 saturated heterocycles. The molecule has 3 aromatic heterocycles. The van der Waals surface area contributed by atoms with E-state index in [1.165, 1.54) is 0 Å². The molecule has 0 fully saturated rings. The Labute approximate surface area is 155 Å². The molecule has 0 aliphatic heterocycles. The van der Waals surface area contributed by atoms with E-state index >= 15 is 0 Å². The van der Waals surface area contributed by atoms with Crippen molar-refractivity contribution in [2.24, 2.45) is 0 Å². The number of pyridine rings is 1. The van der Waals surface area contributed by atoms with Gasteiger partial charge in [-0.3, -0.25) is 0 Å². The van der Waals surface area contributed by atoms with Crippen LogP contribution in [-0.2, 0) is 13.0 Å². The predicted octanol–water partition coefficient (Wildman–Crippen LogP) is 4.10. The summed E-state index contributed by atoms with van der Waals surface area (Å²) in [6.45, 7) is 2.65. The zero-order chi connectivity index (χ0) is 17.8. The number of nitrogens with zero attached hydrogens (tertiary/aromatic N) is 4. The smallest absolute Gasteiger partial charge is 0.259 e. The Kier molecular flexibility index (Phi) is 4.70. The molecule has 0 bridgehead atoms. The lowest BCUT2D eigenvalue weighted by Gasteiger charge is -2.03. The monoisotopic (exact) mass is 363 g/mol. The molecule has 0 unspecified atom stereocenters. The minimum absolute atomic E-state index is 0.477. The molecule has 0 aliphatic rings. The van der Waals surface area contributed by atoms with E-state index in [1.807, 2.05) is 54.8 Å². The Balaban J connectivity index is 1.40. The van der Waals surface area contributed by atoms with E-state index in [1.54, 1.807) is 17.5 Å². The Hall–Kier alpha value is -3.06. The maximum Gasteiger partial charge on any atom is 0.259 e. The normalized spacial score (nSPS) is 10.8. The number of rotatable bonds is 6. The number of thiazole rings is 1. The van der Waals surface area contributed by atoms with Crippen LogP contribution in [0.15, 0.2) is 58.6 Å². The van der Waals surface area contributed by atoms with Gasteiger partial charge in [0.15, 0.2) is 5.82 Å². The van der Waals surface area contributed by atoms with Gasteiger partial charge in [0.1, 0.15) is 5.82 Å². The van der Waals surface area contributed by atoms with E-state index in [-0.39, 0.29) is 0 Å². The van der Waals surface area contributed by atoms with Crippen LogP contribution < -0.4 is 5.32 Å². The molecule has 0 atom stereocenters. The molecule has 7 heteroatoms. The van der Waals surface area contributed by atoms with Crippen molar-refractivity contribution in [3.8, 4) is 11.5 Å². The van der Waals surface area contributed by atoms with E-state index < -0.39 is 0 Å². The number of anilines is 1. The summed E-state index contributed by atoms with van der Waals surface area (Å²) in [4.78, 5) is 13.3. The molecule has 26 heavy (non-hydrogen) atoms. The summed E-state index contributed by atoms with van der Waals surface area (Å²) in [6, 6.07) is 13.9. The Morgan fingerprint density at radius 3 is 2.69 bits per heavy atom. The molecule has 1 N–H and O–H groups in total. The van der Waals surface area contributed by atoms with Gasteiger partial charge in [-0.05, 0) is 24.6 Å². The SMILES string of the molecule is Cc1nc(CNc2ccc(-c3nc(Cc4ccccc4)no3)cn2)cs1. The lowest BCUT2D eigenvalue weighted by atomic mass is 10.1. The fraction of sp³-hybridized carbons (Fsp3) is 0.158.